The molecule has 278 valence electrons. The molecule has 0 aromatic heterocycles. The fraction of sp³-hybridized carbons (Fsp3) is 0.227. The van der Waals surface area contributed by atoms with E-state index in [1.165, 1.54) is 12.4 Å². The number of phenolic OH excluding ortho intramolecular Hbond substituents is 2. The Morgan fingerprint density at radius 2 is 0.889 bits per heavy atom. The van der Waals surface area contributed by atoms with Gasteiger partial charge in [-0.15, -0.1) is 0 Å². The summed E-state index contributed by atoms with van der Waals surface area (Å²) in [5.74, 6) is -2.00. The molecule has 0 fully saturated rings. The molecule has 2 aliphatic rings. The zero-order valence-electron chi connectivity index (χ0n) is 31.5. The Hall–Kier alpha value is -6.42. The summed E-state index contributed by atoms with van der Waals surface area (Å²) < 4.78 is 10.5. The molecule has 4 aromatic carbocycles. The molecule has 10 nitrogen and oxygen atoms in total. The number of carbonyl (C=O) groups excluding carboxylic acids is 2. The molecule has 54 heavy (non-hydrogen) atoms. The molecule has 4 aromatic rings. The summed E-state index contributed by atoms with van der Waals surface area (Å²) in [5.41, 5.74) is 5.02. The maximum atomic E-state index is 13.9. The molecule has 0 heterocycles. The highest BCUT2D eigenvalue weighted by Crippen LogP contribution is 2.53. The molecule has 0 unspecified atom stereocenters. The first-order chi connectivity index (χ1) is 25.7. The smallest absolute Gasteiger partial charge is 0.229 e. The van der Waals surface area contributed by atoms with Gasteiger partial charge in [-0.3, -0.25) is 9.59 Å². The van der Waals surface area contributed by atoms with E-state index in [2.05, 4.69) is 10.6 Å². The number of rotatable bonds is 9. The van der Waals surface area contributed by atoms with Gasteiger partial charge in [0.05, 0.1) is 25.4 Å². The van der Waals surface area contributed by atoms with E-state index in [-0.39, 0.29) is 56.7 Å². The molecular weight excluding hydrogens is 684 g/mol. The number of hydrogen-bond acceptors (Lipinski definition) is 10. The summed E-state index contributed by atoms with van der Waals surface area (Å²) in [4.78, 5) is 27.8. The van der Waals surface area contributed by atoms with Crippen molar-refractivity contribution in [1.29, 1.82) is 0 Å². The number of hydrogen-bond donors (Lipinski definition) is 6. The van der Waals surface area contributed by atoms with E-state index >= 15 is 0 Å². The van der Waals surface area contributed by atoms with Gasteiger partial charge in [-0.1, -0.05) is 39.8 Å². The van der Waals surface area contributed by atoms with Crippen LogP contribution in [0.1, 0.15) is 61.1 Å². The second kappa shape index (κ2) is 14.5. The number of aliphatic hydroxyl groups excluding tert-OH is 2. The monoisotopic (exact) mass is 728 g/mol. The number of anilines is 2. The fourth-order valence-corrected chi connectivity index (χ4v) is 7.31. The first-order valence-electron chi connectivity index (χ1n) is 17.6. The lowest BCUT2D eigenvalue weighted by Crippen LogP contribution is -2.20. The molecule has 0 spiro atoms. The second-order valence-electron chi connectivity index (χ2n) is 14.0. The van der Waals surface area contributed by atoms with Gasteiger partial charge in [-0.05, 0) is 96.5 Å². The number of carbonyl (C=O) groups is 2. The Kier molecular flexibility index (Phi) is 10.1. The molecule has 0 saturated carbocycles. The highest BCUT2D eigenvalue weighted by atomic mass is 16.5. The van der Waals surface area contributed by atoms with Gasteiger partial charge in [-0.25, -0.2) is 0 Å². The quantitative estimate of drug-likeness (QED) is 0.0918. The van der Waals surface area contributed by atoms with E-state index in [0.29, 0.717) is 56.3 Å². The number of methoxy groups -OCH3 is 2. The Morgan fingerprint density at radius 1 is 0.556 bits per heavy atom. The maximum Gasteiger partial charge on any atom is 0.229 e. The lowest BCUT2D eigenvalue weighted by atomic mass is 9.75. The Labute approximate surface area is 314 Å². The SMILES string of the molecule is COc1ccc(N/C=C2\C(=O)C(O)=C(C(C)C)c3cc(C)c(-c4c(C)cc5c(c4O)/C(=C/Nc4ccc(OC)cc4)C(=O)C(O)=C5C(C)C)c(O)c32)cc1. The molecule has 10 heteroatoms. The molecule has 0 atom stereocenters. The molecular formula is C44H44N2O8. The number of aliphatic hydroxyl groups is 2. The van der Waals surface area contributed by atoms with Crippen LogP contribution in [-0.2, 0) is 9.59 Å². The number of nitrogens with one attached hydrogen (secondary N) is 2. The van der Waals surface area contributed by atoms with Crippen molar-refractivity contribution < 1.29 is 39.5 Å². The van der Waals surface area contributed by atoms with Crippen LogP contribution in [0.15, 0.2) is 84.6 Å². The van der Waals surface area contributed by atoms with E-state index in [0.717, 1.165) is 0 Å². The maximum absolute atomic E-state index is 13.9. The Balaban J connectivity index is 1.59. The van der Waals surface area contributed by atoms with Crippen LogP contribution >= 0.6 is 0 Å². The van der Waals surface area contributed by atoms with Crippen LogP contribution in [0.2, 0.25) is 0 Å². The van der Waals surface area contributed by atoms with Crippen molar-refractivity contribution in [2.24, 2.45) is 11.8 Å². The minimum atomic E-state index is -0.675. The van der Waals surface area contributed by atoms with E-state index in [1.807, 2.05) is 27.7 Å². The number of ketones is 2. The molecule has 6 rings (SSSR count). The minimum absolute atomic E-state index is 0.0194. The minimum Gasteiger partial charge on any atom is -0.507 e. The highest BCUT2D eigenvalue weighted by Gasteiger charge is 2.38. The van der Waals surface area contributed by atoms with E-state index in [9.17, 15) is 30.0 Å². The third-order valence-corrected chi connectivity index (χ3v) is 9.90. The number of aryl methyl sites for hydroxylation is 2. The van der Waals surface area contributed by atoms with Gasteiger partial charge in [0.25, 0.3) is 0 Å². The van der Waals surface area contributed by atoms with Crippen LogP contribution in [0.4, 0.5) is 11.4 Å². The molecule has 0 aliphatic heterocycles. The normalized spacial score (nSPS) is 15.7. The van der Waals surface area contributed by atoms with Crippen molar-refractivity contribution in [2.45, 2.75) is 41.5 Å². The summed E-state index contributed by atoms with van der Waals surface area (Å²) >= 11 is 0. The van der Waals surface area contributed by atoms with Crippen LogP contribution in [-0.4, -0.2) is 46.2 Å². The van der Waals surface area contributed by atoms with Gasteiger partial charge in [-0.2, -0.15) is 0 Å². The van der Waals surface area contributed by atoms with E-state index < -0.39 is 23.1 Å². The van der Waals surface area contributed by atoms with Gasteiger partial charge in [0.2, 0.25) is 11.6 Å². The number of phenols is 2. The predicted molar refractivity (Wildman–Crippen MR) is 213 cm³/mol. The first-order valence-corrected chi connectivity index (χ1v) is 17.6. The molecule has 0 radical (unpaired) electrons. The highest BCUT2D eigenvalue weighted by molar-refractivity contribution is 6.35. The van der Waals surface area contributed by atoms with Gasteiger partial charge < -0.3 is 40.5 Å². The van der Waals surface area contributed by atoms with Crippen molar-refractivity contribution in [3.05, 3.63) is 118 Å². The summed E-state index contributed by atoms with van der Waals surface area (Å²) in [6.07, 6.45) is 2.89. The number of aromatic hydroxyl groups is 2. The average molecular weight is 729 g/mol. The van der Waals surface area contributed by atoms with Crippen LogP contribution < -0.4 is 20.1 Å². The van der Waals surface area contributed by atoms with Crippen LogP contribution in [0.25, 0.3) is 33.4 Å². The molecule has 2 aliphatic carbocycles. The van der Waals surface area contributed by atoms with Gasteiger partial charge >= 0.3 is 0 Å². The topological polar surface area (TPSA) is 158 Å². The van der Waals surface area contributed by atoms with Crippen molar-refractivity contribution in [1.82, 2.24) is 0 Å². The van der Waals surface area contributed by atoms with Crippen LogP contribution in [0.5, 0.6) is 23.0 Å². The van der Waals surface area contributed by atoms with Gasteiger partial charge in [0.1, 0.15) is 23.0 Å². The lowest BCUT2D eigenvalue weighted by Gasteiger charge is -2.29. The molecule has 0 saturated heterocycles. The van der Waals surface area contributed by atoms with Crippen molar-refractivity contribution >= 4 is 45.2 Å². The molecule has 0 bridgehead atoms. The summed E-state index contributed by atoms with van der Waals surface area (Å²) in [5, 5.41) is 53.4. The zero-order valence-corrected chi connectivity index (χ0v) is 31.5. The number of benzene rings is 4. The summed E-state index contributed by atoms with van der Waals surface area (Å²) in [6.45, 7) is 11.0. The third-order valence-electron chi connectivity index (χ3n) is 9.90. The average Bonchev–Trinajstić information content (AvgIpc) is 3.13. The standard InChI is InChI=1S/C44H44N2O8/c1-21(2)33-29-17-23(5)35(41(49)37(29)31(39(47)43(33)51)19-45-25-9-13-27(53-7)14-10-25)36-24(6)18-30-34(22(3)4)44(52)40(48)32(38(30)42(36)50)20-46-26-11-15-28(54-8)16-12-26/h9-22,45-46,49-52H,1-8H3/b31-19-,32-20-. The Morgan fingerprint density at radius 3 is 1.19 bits per heavy atom. The van der Waals surface area contributed by atoms with Crippen molar-refractivity contribution in [3.8, 4) is 34.1 Å². The summed E-state index contributed by atoms with van der Waals surface area (Å²) in [6, 6.07) is 17.7. The van der Waals surface area contributed by atoms with Crippen LogP contribution in [0.3, 0.4) is 0 Å². The largest absolute Gasteiger partial charge is 0.507 e. The number of fused-ring (bicyclic) bond motifs is 2. The van der Waals surface area contributed by atoms with E-state index in [1.54, 1.807) is 88.7 Å². The fourth-order valence-electron chi connectivity index (χ4n) is 7.31. The molecule has 6 N–H and O–H groups in total. The lowest BCUT2D eigenvalue weighted by molar-refractivity contribution is -0.113. The third kappa shape index (κ3) is 6.33. The van der Waals surface area contributed by atoms with E-state index in [4.69, 9.17) is 9.47 Å². The zero-order chi connectivity index (χ0) is 39.2. The predicted octanol–water partition coefficient (Wildman–Crippen LogP) is 9.32. The van der Waals surface area contributed by atoms with Gasteiger partial charge in [0.15, 0.2) is 11.5 Å². The Bertz CT molecular complexity index is 2160. The summed E-state index contributed by atoms with van der Waals surface area (Å²) in [7, 11) is 3.12. The van der Waals surface area contributed by atoms with Gasteiger partial charge in [0, 0.05) is 57.2 Å². The second-order valence-corrected chi connectivity index (χ2v) is 14.0. The molecule has 0 amide bonds. The first kappa shape index (κ1) is 37.3. The van der Waals surface area contributed by atoms with Crippen molar-refractivity contribution in [2.75, 3.05) is 24.9 Å². The number of ether oxygens (including phenoxy) is 2. The number of allylic oxidation sites excluding steroid dienone is 4. The number of Topliss-reactive ketones (excluding diaryl/α,β-unsaturated/α-hetero) is 2. The van der Waals surface area contributed by atoms with Crippen molar-refractivity contribution in [3.63, 3.8) is 0 Å². The van der Waals surface area contributed by atoms with Crippen LogP contribution in [0, 0.1) is 25.7 Å².